The number of rotatable bonds is 2. The number of benzene rings is 1. The molecule has 25 heavy (non-hydrogen) atoms. The van der Waals surface area contributed by atoms with Crippen molar-refractivity contribution >= 4 is 34.2 Å². The molecule has 0 saturated carbocycles. The van der Waals surface area contributed by atoms with E-state index in [0.717, 1.165) is 16.8 Å². The molecular formula is C15H11Cl2F3N4O. The van der Waals surface area contributed by atoms with Crippen LogP contribution in [0.4, 0.5) is 13.2 Å². The lowest BCUT2D eigenvalue weighted by Gasteiger charge is -2.13. The third-order valence-electron chi connectivity index (χ3n) is 3.63. The maximum absolute atomic E-state index is 12.9. The Labute approximate surface area is 149 Å². The summed E-state index contributed by atoms with van der Waals surface area (Å²) < 4.78 is 41.1. The normalized spacial score (nSPS) is 12.3. The van der Waals surface area contributed by atoms with Crippen LogP contribution in [0.1, 0.15) is 25.5 Å². The monoisotopic (exact) mass is 390 g/mol. The smallest absolute Gasteiger partial charge is 0.296 e. The predicted molar refractivity (Wildman–Crippen MR) is 88.5 cm³/mol. The Bertz CT molecular complexity index is 1000. The lowest BCUT2D eigenvalue weighted by molar-refractivity contribution is -0.137. The lowest BCUT2D eigenvalue weighted by Crippen LogP contribution is -2.22. The van der Waals surface area contributed by atoms with Gasteiger partial charge in [-0.25, -0.2) is 9.67 Å². The molecule has 0 unspecified atom stereocenters. The zero-order valence-corrected chi connectivity index (χ0v) is 14.5. The molecule has 0 amide bonds. The molecule has 0 spiro atoms. The maximum Gasteiger partial charge on any atom is 0.416 e. The van der Waals surface area contributed by atoms with E-state index in [1.54, 1.807) is 0 Å². The number of aromatic nitrogens is 4. The molecule has 2 aromatic heterocycles. The van der Waals surface area contributed by atoms with E-state index in [0.29, 0.717) is 0 Å². The van der Waals surface area contributed by atoms with Gasteiger partial charge in [0.1, 0.15) is 17.4 Å². The summed E-state index contributed by atoms with van der Waals surface area (Å²) in [6, 6.07) is 1.41. The second-order valence-corrected chi connectivity index (χ2v) is 6.45. The average molecular weight is 391 g/mol. The van der Waals surface area contributed by atoms with Crippen LogP contribution in [0.5, 0.6) is 0 Å². The molecule has 10 heteroatoms. The highest BCUT2D eigenvalue weighted by atomic mass is 35.5. The first-order valence-electron chi connectivity index (χ1n) is 7.12. The first-order valence-corrected chi connectivity index (χ1v) is 7.88. The van der Waals surface area contributed by atoms with Crippen LogP contribution in [0.3, 0.4) is 0 Å². The zero-order chi connectivity index (χ0) is 18.5. The van der Waals surface area contributed by atoms with Gasteiger partial charge in [-0.3, -0.25) is 9.36 Å². The van der Waals surface area contributed by atoms with Crippen LogP contribution in [-0.4, -0.2) is 19.3 Å². The number of hydrogen-bond acceptors (Lipinski definition) is 3. The summed E-state index contributed by atoms with van der Waals surface area (Å²) in [5, 5.41) is 3.74. The van der Waals surface area contributed by atoms with Crippen molar-refractivity contribution in [2.45, 2.75) is 26.1 Å². The molecular weight excluding hydrogens is 380 g/mol. The SMILES string of the molecule is CC(C)n1cnc2c(cnn2-c2c(Cl)cc(C(F)(F)F)cc2Cl)c1=O. The van der Waals surface area contributed by atoms with Gasteiger partial charge < -0.3 is 0 Å². The maximum atomic E-state index is 12.9. The van der Waals surface area contributed by atoms with Gasteiger partial charge in [-0.1, -0.05) is 23.2 Å². The molecule has 0 aliphatic rings. The van der Waals surface area contributed by atoms with Crippen molar-refractivity contribution in [1.29, 1.82) is 0 Å². The fraction of sp³-hybridized carbons (Fsp3) is 0.267. The first-order chi connectivity index (χ1) is 11.6. The van der Waals surface area contributed by atoms with Gasteiger partial charge in [0.05, 0.1) is 21.8 Å². The highest BCUT2D eigenvalue weighted by Gasteiger charge is 2.32. The Kier molecular flexibility index (Phi) is 4.28. The van der Waals surface area contributed by atoms with E-state index in [4.69, 9.17) is 23.2 Å². The van der Waals surface area contributed by atoms with Crippen LogP contribution < -0.4 is 5.56 Å². The van der Waals surface area contributed by atoms with Crippen LogP contribution in [0, 0.1) is 0 Å². The summed E-state index contributed by atoms with van der Waals surface area (Å²) in [5.74, 6) is 0. The van der Waals surface area contributed by atoms with Crippen molar-refractivity contribution in [2.24, 2.45) is 0 Å². The zero-order valence-electron chi connectivity index (χ0n) is 13.0. The highest BCUT2D eigenvalue weighted by molar-refractivity contribution is 6.38. The topological polar surface area (TPSA) is 52.7 Å². The van der Waals surface area contributed by atoms with E-state index in [9.17, 15) is 18.0 Å². The van der Waals surface area contributed by atoms with Gasteiger partial charge in [0.25, 0.3) is 5.56 Å². The number of alkyl halides is 3. The molecule has 132 valence electrons. The second-order valence-electron chi connectivity index (χ2n) is 5.63. The molecule has 2 heterocycles. The van der Waals surface area contributed by atoms with Crippen molar-refractivity contribution in [1.82, 2.24) is 19.3 Å². The average Bonchev–Trinajstić information content (AvgIpc) is 2.90. The molecule has 0 aliphatic heterocycles. The third-order valence-corrected chi connectivity index (χ3v) is 4.20. The Hall–Kier alpha value is -2.06. The Balaban J connectivity index is 2.25. The van der Waals surface area contributed by atoms with Gasteiger partial charge in [0, 0.05) is 6.04 Å². The molecule has 0 N–H and O–H groups in total. The summed E-state index contributed by atoms with van der Waals surface area (Å²) in [4.78, 5) is 16.6. The highest BCUT2D eigenvalue weighted by Crippen LogP contribution is 2.37. The van der Waals surface area contributed by atoms with Crippen LogP contribution in [0.15, 0.2) is 29.5 Å². The minimum Gasteiger partial charge on any atom is -0.296 e. The Morgan fingerprint density at radius 1 is 1.16 bits per heavy atom. The van der Waals surface area contributed by atoms with Gasteiger partial charge in [-0.05, 0) is 26.0 Å². The van der Waals surface area contributed by atoms with E-state index in [2.05, 4.69) is 10.1 Å². The molecule has 0 fully saturated rings. The minimum atomic E-state index is -4.58. The van der Waals surface area contributed by atoms with Crippen molar-refractivity contribution < 1.29 is 13.2 Å². The van der Waals surface area contributed by atoms with Crippen molar-refractivity contribution in [3.63, 3.8) is 0 Å². The van der Waals surface area contributed by atoms with Gasteiger partial charge in [-0.15, -0.1) is 0 Å². The Morgan fingerprint density at radius 2 is 1.76 bits per heavy atom. The molecule has 1 aromatic carbocycles. The Morgan fingerprint density at radius 3 is 2.28 bits per heavy atom. The molecule has 3 aromatic rings. The van der Waals surface area contributed by atoms with E-state index in [1.165, 1.54) is 17.1 Å². The van der Waals surface area contributed by atoms with Gasteiger partial charge in [-0.2, -0.15) is 18.3 Å². The molecule has 5 nitrogen and oxygen atoms in total. The molecule has 0 atom stereocenters. The summed E-state index contributed by atoms with van der Waals surface area (Å²) in [7, 11) is 0. The second kappa shape index (κ2) is 6.03. The predicted octanol–water partition coefficient (Wildman–Crippen LogP) is 4.49. The summed E-state index contributed by atoms with van der Waals surface area (Å²) in [5.41, 5.74) is -1.10. The van der Waals surface area contributed by atoms with Crippen LogP contribution in [-0.2, 0) is 6.18 Å². The van der Waals surface area contributed by atoms with E-state index < -0.39 is 11.7 Å². The summed E-state index contributed by atoms with van der Waals surface area (Å²) in [6.07, 6.45) is -1.95. The fourth-order valence-electron chi connectivity index (χ4n) is 2.39. The van der Waals surface area contributed by atoms with Gasteiger partial charge in [0.15, 0.2) is 5.65 Å². The van der Waals surface area contributed by atoms with Crippen molar-refractivity contribution in [2.75, 3.05) is 0 Å². The molecule has 0 bridgehead atoms. The van der Waals surface area contributed by atoms with Crippen LogP contribution in [0.25, 0.3) is 16.7 Å². The van der Waals surface area contributed by atoms with Gasteiger partial charge in [0.2, 0.25) is 0 Å². The van der Waals surface area contributed by atoms with Crippen molar-refractivity contribution in [3.8, 4) is 5.69 Å². The number of nitrogens with zero attached hydrogens (tertiary/aromatic N) is 4. The molecule has 3 rings (SSSR count). The largest absolute Gasteiger partial charge is 0.416 e. The number of fused-ring (bicyclic) bond motifs is 1. The molecule has 0 radical (unpaired) electrons. The number of halogens is 5. The molecule has 0 saturated heterocycles. The standard InChI is InChI=1S/C15H11Cl2F3N4O/c1-7(2)23-6-21-13-9(14(23)25)5-22-24(13)12-10(16)3-8(4-11(12)17)15(18,19)20/h3-7H,1-2H3. The lowest BCUT2D eigenvalue weighted by atomic mass is 10.2. The van der Waals surface area contributed by atoms with Crippen LogP contribution in [0.2, 0.25) is 10.0 Å². The van der Waals surface area contributed by atoms with E-state index in [-0.39, 0.29) is 38.4 Å². The quantitative estimate of drug-likeness (QED) is 0.647. The number of hydrogen-bond donors (Lipinski definition) is 0. The first kappa shape index (κ1) is 17.8. The summed E-state index contributed by atoms with van der Waals surface area (Å²) in [6.45, 7) is 3.64. The molecule has 0 aliphatic carbocycles. The van der Waals surface area contributed by atoms with Crippen molar-refractivity contribution in [3.05, 3.63) is 50.6 Å². The fourth-order valence-corrected chi connectivity index (χ4v) is 3.04. The minimum absolute atomic E-state index is 0.0283. The summed E-state index contributed by atoms with van der Waals surface area (Å²) >= 11 is 12.0. The van der Waals surface area contributed by atoms with E-state index in [1.807, 2.05) is 13.8 Å². The van der Waals surface area contributed by atoms with E-state index >= 15 is 0 Å². The van der Waals surface area contributed by atoms with Gasteiger partial charge >= 0.3 is 6.18 Å². The third kappa shape index (κ3) is 3.00. The van der Waals surface area contributed by atoms with Crippen LogP contribution >= 0.6 is 23.2 Å².